The molecule has 9 heteroatoms. The lowest BCUT2D eigenvalue weighted by molar-refractivity contribution is -0.123. The van der Waals surface area contributed by atoms with Crippen LogP contribution in [0.3, 0.4) is 0 Å². The minimum atomic E-state index is -0.411. The van der Waals surface area contributed by atoms with Crippen LogP contribution < -0.4 is 10.2 Å². The van der Waals surface area contributed by atoms with Gasteiger partial charge in [0.05, 0.1) is 11.5 Å². The van der Waals surface area contributed by atoms with Crippen LogP contribution in [0.1, 0.15) is 35.7 Å². The van der Waals surface area contributed by atoms with Gasteiger partial charge >= 0.3 is 0 Å². The Morgan fingerprint density at radius 3 is 2.60 bits per heavy atom. The zero-order valence-electron chi connectivity index (χ0n) is 16.0. The van der Waals surface area contributed by atoms with Crippen LogP contribution in [0.4, 0.5) is 0 Å². The molecule has 1 N–H and O–H groups in total. The topological polar surface area (TPSA) is 58.6 Å². The van der Waals surface area contributed by atoms with Crippen LogP contribution in [0.25, 0.3) is 6.08 Å². The van der Waals surface area contributed by atoms with E-state index in [-0.39, 0.29) is 10.2 Å². The summed E-state index contributed by atoms with van der Waals surface area (Å²) in [5.74, 6) is -0.100. The van der Waals surface area contributed by atoms with Gasteiger partial charge in [-0.05, 0) is 67.2 Å². The van der Waals surface area contributed by atoms with E-state index in [1.807, 2.05) is 18.2 Å². The van der Waals surface area contributed by atoms with Crippen molar-refractivity contribution in [2.45, 2.75) is 19.8 Å². The van der Waals surface area contributed by atoms with E-state index in [0.29, 0.717) is 22.8 Å². The lowest BCUT2D eigenvalue weighted by Gasteiger charge is -2.15. The number of hydrogen-bond acceptors (Lipinski definition) is 5. The van der Waals surface area contributed by atoms with Crippen LogP contribution in [-0.4, -0.2) is 27.8 Å². The molecular weight excluding hydrogens is 552 g/mol. The van der Waals surface area contributed by atoms with Gasteiger partial charge in [-0.25, -0.2) is 0 Å². The summed E-state index contributed by atoms with van der Waals surface area (Å²) in [6, 6.07) is 12.5. The molecule has 2 aromatic carbocycles. The van der Waals surface area contributed by atoms with E-state index >= 15 is 0 Å². The zero-order chi connectivity index (χ0) is 21.7. The Labute approximate surface area is 201 Å². The maximum atomic E-state index is 12.9. The molecule has 0 aliphatic carbocycles. The summed E-state index contributed by atoms with van der Waals surface area (Å²) in [5.41, 5.74) is 3.77. The molecule has 156 valence electrons. The number of rotatable bonds is 7. The monoisotopic (exact) mass is 568 g/mol. The van der Waals surface area contributed by atoms with Gasteiger partial charge in [-0.2, -0.15) is 5.01 Å². The highest BCUT2D eigenvalue weighted by atomic mass is 79.9. The Morgan fingerprint density at radius 1 is 1.20 bits per heavy atom. The third-order valence-corrected chi connectivity index (χ3v) is 6.45. The lowest BCUT2D eigenvalue weighted by atomic mass is 10.2. The Bertz CT molecular complexity index is 1010. The van der Waals surface area contributed by atoms with Crippen LogP contribution in [0.2, 0.25) is 0 Å². The number of carbonyl (C=O) groups is 2. The number of hydrazine groups is 1. The summed E-state index contributed by atoms with van der Waals surface area (Å²) in [7, 11) is 0. The summed E-state index contributed by atoms with van der Waals surface area (Å²) in [6.45, 7) is 2.70. The minimum Gasteiger partial charge on any atom is -0.493 e. The van der Waals surface area contributed by atoms with Gasteiger partial charge in [0.25, 0.3) is 11.8 Å². The molecule has 0 saturated carbocycles. The van der Waals surface area contributed by atoms with Crippen molar-refractivity contribution in [2.75, 3.05) is 6.61 Å². The predicted octanol–water partition coefficient (Wildman–Crippen LogP) is 5.94. The number of thioether (sulfide) groups is 1. The van der Waals surface area contributed by atoms with Gasteiger partial charge in [-0.15, -0.1) is 0 Å². The van der Waals surface area contributed by atoms with Crippen LogP contribution in [0.15, 0.2) is 56.3 Å². The maximum absolute atomic E-state index is 12.9. The number of hydrogen-bond donors (Lipinski definition) is 1. The molecule has 3 rings (SSSR count). The molecule has 2 amide bonds. The molecule has 2 aromatic rings. The normalized spacial score (nSPS) is 15.0. The number of ether oxygens (including phenoxy) is 1. The van der Waals surface area contributed by atoms with Crippen molar-refractivity contribution < 1.29 is 14.3 Å². The van der Waals surface area contributed by atoms with E-state index in [0.717, 1.165) is 44.1 Å². The molecule has 1 fully saturated rings. The fourth-order valence-corrected chi connectivity index (χ4v) is 4.38. The minimum absolute atomic E-state index is 0.264. The number of nitrogens with zero attached hydrogens (tertiary/aromatic N) is 1. The predicted molar refractivity (Wildman–Crippen MR) is 131 cm³/mol. The number of thiocarbonyl (C=S) groups is 1. The summed E-state index contributed by atoms with van der Waals surface area (Å²) < 4.78 is 7.85. The van der Waals surface area contributed by atoms with E-state index in [1.165, 1.54) is 0 Å². The molecule has 0 bridgehead atoms. The van der Waals surface area contributed by atoms with E-state index < -0.39 is 5.91 Å². The van der Waals surface area contributed by atoms with Crippen molar-refractivity contribution in [3.05, 3.63) is 67.4 Å². The van der Waals surface area contributed by atoms with Crippen LogP contribution in [-0.2, 0) is 4.79 Å². The number of benzene rings is 2. The average Bonchev–Trinajstić information content (AvgIpc) is 2.97. The molecule has 0 radical (unpaired) electrons. The number of amides is 2. The van der Waals surface area contributed by atoms with Gasteiger partial charge in [-0.1, -0.05) is 57.0 Å². The highest BCUT2D eigenvalue weighted by Crippen LogP contribution is 2.34. The molecule has 0 aromatic heterocycles. The maximum Gasteiger partial charge on any atom is 0.285 e. The van der Waals surface area contributed by atoms with Gasteiger partial charge in [0.2, 0.25) is 0 Å². The number of nitrogens with one attached hydrogen (secondary N) is 1. The molecular formula is C21H18Br2N2O3S2. The van der Waals surface area contributed by atoms with Gasteiger partial charge in [0.15, 0.2) is 4.32 Å². The van der Waals surface area contributed by atoms with Crippen molar-refractivity contribution >= 4 is 78.1 Å². The average molecular weight is 570 g/mol. The van der Waals surface area contributed by atoms with Crippen molar-refractivity contribution in [3.63, 3.8) is 0 Å². The molecule has 5 nitrogen and oxygen atoms in total. The van der Waals surface area contributed by atoms with Crippen molar-refractivity contribution in [1.82, 2.24) is 10.4 Å². The summed E-state index contributed by atoms with van der Waals surface area (Å²) in [6.07, 6.45) is 3.71. The summed E-state index contributed by atoms with van der Waals surface area (Å²) in [4.78, 5) is 25.8. The first-order valence-corrected chi connectivity index (χ1v) is 12.0. The molecule has 1 aliphatic rings. The smallest absolute Gasteiger partial charge is 0.285 e. The van der Waals surface area contributed by atoms with E-state index in [9.17, 15) is 9.59 Å². The third kappa shape index (κ3) is 5.72. The quantitative estimate of drug-likeness (QED) is 0.254. The Kier molecular flexibility index (Phi) is 8.10. The molecule has 0 atom stereocenters. The standard InChI is InChI=1S/C21H18Br2N2O3S2/c1-2-3-10-28-17-9-8-16(23)11-14(17)12-18-20(27)25(21(29)30-18)24-19(26)13-4-6-15(22)7-5-13/h4-9,11-12H,2-3,10H2,1H3,(H,24,26)/b18-12+. The summed E-state index contributed by atoms with van der Waals surface area (Å²) in [5, 5.41) is 1.10. The first-order valence-electron chi connectivity index (χ1n) is 9.16. The number of halogens is 2. The van der Waals surface area contributed by atoms with Crippen molar-refractivity contribution in [1.29, 1.82) is 0 Å². The largest absolute Gasteiger partial charge is 0.493 e. The van der Waals surface area contributed by atoms with Gasteiger partial charge in [0, 0.05) is 20.1 Å². The van der Waals surface area contributed by atoms with Gasteiger partial charge in [0.1, 0.15) is 5.75 Å². The second kappa shape index (κ2) is 10.6. The zero-order valence-corrected chi connectivity index (χ0v) is 20.8. The van der Waals surface area contributed by atoms with Crippen LogP contribution in [0.5, 0.6) is 5.75 Å². The van der Waals surface area contributed by atoms with E-state index in [2.05, 4.69) is 44.2 Å². The van der Waals surface area contributed by atoms with Gasteiger partial charge < -0.3 is 4.74 Å². The second-order valence-corrected chi connectivity index (χ2v) is 9.86. The SMILES string of the molecule is CCCCOc1ccc(Br)cc1/C=C1/SC(=S)N(NC(=O)c2ccc(Br)cc2)C1=O. The highest BCUT2D eigenvalue weighted by molar-refractivity contribution is 9.10. The Balaban J connectivity index is 1.78. The fraction of sp³-hybridized carbons (Fsp3) is 0.190. The second-order valence-electron chi connectivity index (χ2n) is 6.35. The third-order valence-electron chi connectivity index (χ3n) is 4.13. The van der Waals surface area contributed by atoms with Crippen molar-refractivity contribution in [2.24, 2.45) is 0 Å². The first kappa shape index (κ1) is 23.0. The van der Waals surface area contributed by atoms with Crippen molar-refractivity contribution in [3.8, 4) is 5.75 Å². The molecule has 0 unspecified atom stereocenters. The molecule has 1 saturated heterocycles. The number of unbranched alkanes of at least 4 members (excludes halogenated alkanes) is 1. The highest BCUT2D eigenvalue weighted by Gasteiger charge is 2.34. The lowest BCUT2D eigenvalue weighted by Crippen LogP contribution is -2.44. The summed E-state index contributed by atoms with van der Waals surface area (Å²) >= 11 is 13.2. The Morgan fingerprint density at radius 2 is 1.90 bits per heavy atom. The van der Waals surface area contributed by atoms with E-state index in [4.69, 9.17) is 17.0 Å². The number of carbonyl (C=O) groups excluding carboxylic acids is 2. The Hall–Kier alpha value is -1.68. The van der Waals surface area contributed by atoms with Crippen LogP contribution >= 0.6 is 55.8 Å². The molecule has 0 spiro atoms. The van der Waals surface area contributed by atoms with Gasteiger partial charge in [-0.3, -0.25) is 15.0 Å². The molecule has 1 heterocycles. The first-order chi connectivity index (χ1) is 14.4. The van der Waals surface area contributed by atoms with E-state index in [1.54, 1.807) is 30.3 Å². The molecule has 1 aliphatic heterocycles. The molecule has 30 heavy (non-hydrogen) atoms. The fourth-order valence-electron chi connectivity index (χ4n) is 2.56. The van der Waals surface area contributed by atoms with Crippen LogP contribution in [0, 0.1) is 0 Å².